The van der Waals surface area contributed by atoms with Crippen molar-refractivity contribution in [3.8, 4) is 0 Å². The van der Waals surface area contributed by atoms with E-state index in [1.807, 2.05) is 38.2 Å². The van der Waals surface area contributed by atoms with Gasteiger partial charge in [-0.1, -0.05) is 29.8 Å². The zero-order valence-corrected chi connectivity index (χ0v) is 12.7. The van der Waals surface area contributed by atoms with Gasteiger partial charge in [0, 0.05) is 6.04 Å². The molecule has 0 spiro atoms. The summed E-state index contributed by atoms with van der Waals surface area (Å²) < 4.78 is 4.98. The number of rotatable bonds is 2. The SMILES string of the molecule is COC(=O)C1=C(c2ccc(C)cc2)C[C@@H]2C[C@H](O)[C@H]1N2C. The molecule has 2 aliphatic rings. The number of carbonyl (C=O) groups excluding carboxylic acids is 1. The molecule has 0 unspecified atom stereocenters. The van der Waals surface area contributed by atoms with E-state index in [0.717, 1.165) is 17.6 Å². The van der Waals surface area contributed by atoms with E-state index in [0.29, 0.717) is 12.0 Å². The van der Waals surface area contributed by atoms with Crippen LogP contribution in [0.4, 0.5) is 0 Å². The first kappa shape index (κ1) is 14.3. The van der Waals surface area contributed by atoms with Gasteiger partial charge in [-0.3, -0.25) is 4.90 Å². The molecule has 112 valence electrons. The van der Waals surface area contributed by atoms with E-state index in [-0.39, 0.29) is 18.1 Å². The molecular weight excluding hydrogens is 266 g/mol. The number of aliphatic hydroxyl groups excluding tert-OH is 1. The first-order chi connectivity index (χ1) is 10.0. The number of benzene rings is 1. The fourth-order valence-corrected chi connectivity index (χ4v) is 3.60. The highest BCUT2D eigenvalue weighted by Gasteiger charge is 2.47. The molecule has 4 nitrogen and oxygen atoms in total. The van der Waals surface area contributed by atoms with Gasteiger partial charge in [-0.2, -0.15) is 0 Å². The third kappa shape index (κ3) is 2.28. The summed E-state index contributed by atoms with van der Waals surface area (Å²) in [4.78, 5) is 14.4. The Labute approximate surface area is 125 Å². The normalized spacial score (nSPS) is 28.9. The average molecular weight is 287 g/mol. The molecule has 1 aromatic carbocycles. The highest BCUT2D eigenvalue weighted by atomic mass is 16.5. The van der Waals surface area contributed by atoms with Crippen molar-refractivity contribution < 1.29 is 14.6 Å². The third-order valence-corrected chi connectivity index (χ3v) is 4.76. The molecule has 1 aromatic rings. The van der Waals surface area contributed by atoms with Gasteiger partial charge in [-0.05, 0) is 37.9 Å². The number of aliphatic hydroxyl groups is 1. The predicted molar refractivity (Wildman–Crippen MR) is 80.7 cm³/mol. The number of hydrogen-bond acceptors (Lipinski definition) is 4. The number of hydrogen-bond donors (Lipinski definition) is 1. The Bertz CT molecular complexity index is 591. The number of methoxy groups -OCH3 is 1. The van der Waals surface area contributed by atoms with Gasteiger partial charge in [0.05, 0.1) is 24.8 Å². The lowest BCUT2D eigenvalue weighted by Crippen LogP contribution is -2.43. The maximum Gasteiger partial charge on any atom is 0.335 e. The lowest BCUT2D eigenvalue weighted by atomic mass is 9.88. The molecule has 0 aliphatic carbocycles. The van der Waals surface area contributed by atoms with Crippen LogP contribution in [0.25, 0.3) is 5.57 Å². The summed E-state index contributed by atoms with van der Waals surface area (Å²) in [7, 11) is 3.37. The number of nitrogens with zero attached hydrogens (tertiary/aromatic N) is 1. The van der Waals surface area contributed by atoms with Crippen LogP contribution >= 0.6 is 0 Å². The summed E-state index contributed by atoms with van der Waals surface area (Å²) in [6, 6.07) is 8.22. The summed E-state index contributed by atoms with van der Waals surface area (Å²) in [5, 5.41) is 10.3. The van der Waals surface area contributed by atoms with E-state index in [4.69, 9.17) is 4.74 Å². The van der Waals surface area contributed by atoms with Crippen LogP contribution in [0.15, 0.2) is 29.8 Å². The Balaban J connectivity index is 2.13. The van der Waals surface area contributed by atoms with Gasteiger partial charge in [0.15, 0.2) is 0 Å². The Morgan fingerprint density at radius 2 is 2.00 bits per heavy atom. The highest BCUT2D eigenvalue weighted by molar-refractivity contribution is 6.00. The smallest absolute Gasteiger partial charge is 0.335 e. The molecule has 1 saturated heterocycles. The van der Waals surface area contributed by atoms with Crippen molar-refractivity contribution in [2.24, 2.45) is 0 Å². The zero-order chi connectivity index (χ0) is 15.1. The molecule has 2 aliphatic heterocycles. The van der Waals surface area contributed by atoms with Crippen LogP contribution < -0.4 is 0 Å². The first-order valence-electron chi connectivity index (χ1n) is 7.31. The minimum Gasteiger partial charge on any atom is -0.466 e. The minimum atomic E-state index is -0.503. The molecule has 0 radical (unpaired) electrons. The quantitative estimate of drug-likeness (QED) is 0.842. The molecule has 0 aromatic heterocycles. The molecule has 21 heavy (non-hydrogen) atoms. The van der Waals surface area contributed by atoms with Crippen molar-refractivity contribution in [1.29, 1.82) is 0 Å². The average Bonchev–Trinajstić information content (AvgIpc) is 2.66. The number of fused-ring (bicyclic) bond motifs is 2. The van der Waals surface area contributed by atoms with Gasteiger partial charge in [0.2, 0.25) is 0 Å². The molecule has 1 N–H and O–H groups in total. The van der Waals surface area contributed by atoms with Crippen LogP contribution in [0.2, 0.25) is 0 Å². The van der Waals surface area contributed by atoms with Crippen LogP contribution in [-0.4, -0.2) is 48.3 Å². The summed E-state index contributed by atoms with van der Waals surface area (Å²) >= 11 is 0. The standard InChI is InChI=1S/C17H21NO3/c1-10-4-6-11(7-5-10)13-8-12-9-14(19)16(18(12)2)15(13)17(20)21-3/h4-7,12,14,16,19H,8-9H2,1-3H3/t12-,14+,16-/m1/s1. The molecule has 2 bridgehead atoms. The van der Waals surface area contributed by atoms with Crippen molar-refractivity contribution in [2.45, 2.75) is 38.0 Å². The summed E-state index contributed by atoms with van der Waals surface area (Å²) in [5.74, 6) is -0.332. The maximum atomic E-state index is 12.3. The van der Waals surface area contributed by atoms with Crippen molar-refractivity contribution in [3.63, 3.8) is 0 Å². The van der Waals surface area contributed by atoms with Gasteiger partial charge in [-0.15, -0.1) is 0 Å². The van der Waals surface area contributed by atoms with E-state index in [1.165, 1.54) is 12.7 Å². The fraction of sp³-hybridized carbons (Fsp3) is 0.471. The largest absolute Gasteiger partial charge is 0.466 e. The van der Waals surface area contributed by atoms with E-state index in [9.17, 15) is 9.90 Å². The molecule has 0 amide bonds. The van der Waals surface area contributed by atoms with E-state index in [2.05, 4.69) is 4.90 Å². The van der Waals surface area contributed by atoms with Gasteiger partial charge in [0.25, 0.3) is 0 Å². The van der Waals surface area contributed by atoms with Gasteiger partial charge < -0.3 is 9.84 Å². The number of ether oxygens (including phenoxy) is 1. The van der Waals surface area contributed by atoms with Crippen molar-refractivity contribution >= 4 is 11.5 Å². The maximum absolute atomic E-state index is 12.3. The molecule has 0 saturated carbocycles. The van der Waals surface area contributed by atoms with Gasteiger partial charge >= 0.3 is 5.97 Å². The Kier molecular flexibility index (Phi) is 3.59. The van der Waals surface area contributed by atoms with E-state index >= 15 is 0 Å². The molecule has 2 heterocycles. The lowest BCUT2D eigenvalue weighted by molar-refractivity contribution is -0.137. The predicted octanol–water partition coefficient (Wildman–Crippen LogP) is 1.76. The third-order valence-electron chi connectivity index (χ3n) is 4.76. The molecule has 1 fully saturated rings. The zero-order valence-electron chi connectivity index (χ0n) is 12.7. The van der Waals surface area contributed by atoms with Gasteiger partial charge in [-0.25, -0.2) is 4.79 Å². The second-order valence-electron chi connectivity index (χ2n) is 6.02. The topological polar surface area (TPSA) is 49.8 Å². The Hall–Kier alpha value is -1.65. The van der Waals surface area contributed by atoms with Crippen LogP contribution in [-0.2, 0) is 9.53 Å². The summed E-state index contributed by atoms with van der Waals surface area (Å²) in [6.45, 7) is 2.04. The summed E-state index contributed by atoms with van der Waals surface area (Å²) in [6.07, 6.45) is 0.978. The number of esters is 1. The minimum absolute atomic E-state index is 0.257. The second-order valence-corrected chi connectivity index (χ2v) is 6.02. The Morgan fingerprint density at radius 3 is 2.62 bits per heavy atom. The van der Waals surface area contributed by atoms with Crippen molar-refractivity contribution in [1.82, 2.24) is 4.90 Å². The van der Waals surface area contributed by atoms with Crippen LogP contribution in [0.3, 0.4) is 0 Å². The summed E-state index contributed by atoms with van der Waals surface area (Å²) in [5.41, 5.74) is 3.88. The molecule has 4 heteroatoms. The number of aryl methyl sites for hydroxylation is 1. The number of likely N-dealkylation sites (N-methyl/N-ethyl adjacent to an activating group) is 1. The van der Waals surface area contributed by atoms with Crippen molar-refractivity contribution in [2.75, 3.05) is 14.2 Å². The van der Waals surface area contributed by atoms with Crippen LogP contribution in [0.1, 0.15) is 24.0 Å². The Morgan fingerprint density at radius 1 is 1.33 bits per heavy atom. The lowest BCUT2D eigenvalue weighted by Gasteiger charge is -2.34. The number of carbonyl (C=O) groups is 1. The van der Waals surface area contributed by atoms with E-state index in [1.54, 1.807) is 0 Å². The first-order valence-corrected chi connectivity index (χ1v) is 7.31. The van der Waals surface area contributed by atoms with E-state index < -0.39 is 6.10 Å². The molecule has 3 atom stereocenters. The molecule has 3 rings (SSSR count). The monoisotopic (exact) mass is 287 g/mol. The second kappa shape index (κ2) is 5.28. The molecular formula is C17H21NO3. The van der Waals surface area contributed by atoms with Crippen LogP contribution in [0, 0.1) is 6.92 Å². The van der Waals surface area contributed by atoms with Gasteiger partial charge in [0.1, 0.15) is 0 Å². The van der Waals surface area contributed by atoms with Crippen LogP contribution in [0.5, 0.6) is 0 Å². The highest BCUT2D eigenvalue weighted by Crippen LogP contribution is 2.42. The fourth-order valence-electron chi connectivity index (χ4n) is 3.60. The van der Waals surface area contributed by atoms with Crippen molar-refractivity contribution in [3.05, 3.63) is 41.0 Å².